The standard InChI is InChI=1S/C11H17FN2O3S/c1-8(2)14(5-6-15)18(16,17)11-7-9(13)3-4-10(11)12/h3-4,7-8,15H,5-6,13H2,1-2H3. The number of nitrogen functional groups attached to an aromatic ring is 1. The number of hydrogen-bond acceptors (Lipinski definition) is 4. The predicted octanol–water partition coefficient (Wildman–Crippen LogP) is 0.799. The molecule has 0 saturated carbocycles. The van der Waals surface area contributed by atoms with Crippen LogP contribution in [-0.4, -0.2) is 37.0 Å². The van der Waals surface area contributed by atoms with Gasteiger partial charge >= 0.3 is 0 Å². The van der Waals surface area contributed by atoms with Crippen LogP contribution < -0.4 is 5.73 Å². The zero-order chi connectivity index (χ0) is 13.9. The molecule has 0 bridgehead atoms. The van der Waals surface area contributed by atoms with Crippen LogP contribution in [0.25, 0.3) is 0 Å². The number of nitrogens with zero attached hydrogens (tertiary/aromatic N) is 1. The number of benzene rings is 1. The van der Waals surface area contributed by atoms with E-state index in [9.17, 15) is 12.8 Å². The van der Waals surface area contributed by atoms with Gasteiger partial charge in [-0.15, -0.1) is 0 Å². The van der Waals surface area contributed by atoms with Crippen molar-refractivity contribution < 1.29 is 17.9 Å². The van der Waals surface area contributed by atoms with Gasteiger partial charge in [0, 0.05) is 18.3 Å². The number of anilines is 1. The Kier molecular flexibility index (Phi) is 4.66. The van der Waals surface area contributed by atoms with Gasteiger partial charge in [-0.1, -0.05) is 0 Å². The summed E-state index contributed by atoms with van der Waals surface area (Å²) >= 11 is 0. The van der Waals surface area contributed by atoms with Crippen LogP contribution in [0.2, 0.25) is 0 Å². The van der Waals surface area contributed by atoms with E-state index in [2.05, 4.69) is 0 Å². The summed E-state index contributed by atoms with van der Waals surface area (Å²) in [5.74, 6) is -0.854. The molecule has 0 heterocycles. The highest BCUT2D eigenvalue weighted by Crippen LogP contribution is 2.23. The van der Waals surface area contributed by atoms with Gasteiger partial charge in [0.05, 0.1) is 6.61 Å². The SMILES string of the molecule is CC(C)N(CCO)S(=O)(=O)c1cc(N)ccc1F. The number of sulfonamides is 1. The van der Waals surface area contributed by atoms with Crippen molar-refractivity contribution >= 4 is 15.7 Å². The first-order chi connectivity index (χ1) is 8.30. The van der Waals surface area contributed by atoms with Crippen molar-refractivity contribution in [2.24, 2.45) is 0 Å². The summed E-state index contributed by atoms with van der Waals surface area (Å²) in [4.78, 5) is -0.468. The van der Waals surface area contributed by atoms with Crippen LogP contribution in [0.1, 0.15) is 13.8 Å². The van der Waals surface area contributed by atoms with Crippen LogP contribution in [0.3, 0.4) is 0 Å². The number of aliphatic hydroxyl groups excluding tert-OH is 1. The van der Waals surface area contributed by atoms with Gasteiger partial charge in [-0.3, -0.25) is 0 Å². The highest BCUT2D eigenvalue weighted by Gasteiger charge is 2.29. The number of rotatable bonds is 5. The molecule has 0 atom stereocenters. The molecule has 1 rings (SSSR count). The van der Waals surface area contributed by atoms with Gasteiger partial charge in [0.2, 0.25) is 10.0 Å². The molecule has 1 aromatic rings. The van der Waals surface area contributed by atoms with Gasteiger partial charge in [-0.25, -0.2) is 12.8 Å². The van der Waals surface area contributed by atoms with Crippen molar-refractivity contribution in [2.45, 2.75) is 24.8 Å². The van der Waals surface area contributed by atoms with E-state index in [4.69, 9.17) is 10.8 Å². The lowest BCUT2D eigenvalue weighted by molar-refractivity contribution is 0.236. The van der Waals surface area contributed by atoms with Gasteiger partial charge in [0.15, 0.2) is 0 Å². The minimum Gasteiger partial charge on any atom is -0.399 e. The quantitative estimate of drug-likeness (QED) is 0.779. The maximum atomic E-state index is 13.6. The Balaban J connectivity index is 3.30. The first-order valence-electron chi connectivity index (χ1n) is 5.48. The maximum Gasteiger partial charge on any atom is 0.246 e. The summed E-state index contributed by atoms with van der Waals surface area (Å²) in [5, 5.41) is 8.90. The molecule has 3 N–H and O–H groups in total. The van der Waals surface area contributed by atoms with E-state index in [1.165, 1.54) is 6.07 Å². The molecule has 0 amide bonds. The van der Waals surface area contributed by atoms with E-state index in [1.807, 2.05) is 0 Å². The Morgan fingerprint density at radius 1 is 1.44 bits per heavy atom. The average Bonchev–Trinajstić information content (AvgIpc) is 2.28. The number of hydrogen-bond donors (Lipinski definition) is 2. The Morgan fingerprint density at radius 2 is 2.06 bits per heavy atom. The lowest BCUT2D eigenvalue weighted by Crippen LogP contribution is -2.39. The summed E-state index contributed by atoms with van der Waals surface area (Å²) in [6.07, 6.45) is 0. The third-order valence-electron chi connectivity index (χ3n) is 2.44. The second kappa shape index (κ2) is 5.64. The van der Waals surface area contributed by atoms with Crippen LogP contribution in [0, 0.1) is 5.82 Å². The number of halogens is 1. The van der Waals surface area contributed by atoms with Crippen molar-refractivity contribution in [2.75, 3.05) is 18.9 Å². The summed E-state index contributed by atoms with van der Waals surface area (Å²) in [6, 6.07) is 3.00. The fraction of sp³-hybridized carbons (Fsp3) is 0.455. The van der Waals surface area contributed by atoms with Gasteiger partial charge in [0.1, 0.15) is 10.7 Å². The van der Waals surface area contributed by atoms with Gasteiger partial charge in [0.25, 0.3) is 0 Å². The summed E-state index contributed by atoms with van der Waals surface area (Å²) in [6.45, 7) is 2.88. The molecule has 0 fully saturated rings. The zero-order valence-corrected chi connectivity index (χ0v) is 11.1. The summed E-state index contributed by atoms with van der Waals surface area (Å²) in [5.41, 5.74) is 5.64. The second-order valence-corrected chi connectivity index (χ2v) is 5.98. The molecule has 18 heavy (non-hydrogen) atoms. The molecule has 0 spiro atoms. The van der Waals surface area contributed by atoms with E-state index in [0.717, 1.165) is 16.4 Å². The molecule has 7 heteroatoms. The molecular weight excluding hydrogens is 259 g/mol. The summed E-state index contributed by atoms with van der Waals surface area (Å²) < 4.78 is 39.2. The van der Waals surface area contributed by atoms with Crippen LogP contribution in [-0.2, 0) is 10.0 Å². The molecule has 0 radical (unpaired) electrons. The van der Waals surface area contributed by atoms with Crippen molar-refractivity contribution in [3.8, 4) is 0 Å². The van der Waals surface area contributed by atoms with Gasteiger partial charge in [-0.2, -0.15) is 4.31 Å². The average molecular weight is 276 g/mol. The predicted molar refractivity (Wildman–Crippen MR) is 66.9 cm³/mol. The van der Waals surface area contributed by atoms with E-state index < -0.39 is 20.7 Å². The molecule has 0 aromatic heterocycles. The molecule has 102 valence electrons. The maximum absolute atomic E-state index is 13.6. The monoisotopic (exact) mass is 276 g/mol. The fourth-order valence-electron chi connectivity index (χ4n) is 1.60. The van der Waals surface area contributed by atoms with E-state index >= 15 is 0 Å². The molecule has 0 unspecified atom stereocenters. The molecule has 0 aliphatic heterocycles. The van der Waals surface area contributed by atoms with Crippen LogP contribution in [0.15, 0.2) is 23.1 Å². The van der Waals surface area contributed by atoms with Crippen molar-refractivity contribution in [1.29, 1.82) is 0 Å². The van der Waals surface area contributed by atoms with Crippen LogP contribution in [0.4, 0.5) is 10.1 Å². The first kappa shape index (κ1) is 14.9. The summed E-state index contributed by atoms with van der Waals surface area (Å²) in [7, 11) is -4.00. The highest BCUT2D eigenvalue weighted by molar-refractivity contribution is 7.89. The third kappa shape index (κ3) is 2.98. The molecule has 5 nitrogen and oxygen atoms in total. The normalized spacial score (nSPS) is 12.3. The molecule has 0 aliphatic carbocycles. The Hall–Kier alpha value is -1.18. The van der Waals surface area contributed by atoms with Gasteiger partial charge in [-0.05, 0) is 32.0 Å². The Morgan fingerprint density at radius 3 is 2.56 bits per heavy atom. The lowest BCUT2D eigenvalue weighted by atomic mass is 10.3. The number of nitrogens with two attached hydrogens (primary N) is 1. The second-order valence-electron chi connectivity index (χ2n) is 4.12. The third-order valence-corrected chi connectivity index (χ3v) is 4.53. The Bertz CT molecular complexity index is 517. The van der Waals surface area contributed by atoms with Crippen LogP contribution >= 0.6 is 0 Å². The van der Waals surface area contributed by atoms with Gasteiger partial charge < -0.3 is 10.8 Å². The molecule has 0 saturated heterocycles. The van der Waals surface area contributed by atoms with E-state index in [1.54, 1.807) is 13.8 Å². The highest BCUT2D eigenvalue weighted by atomic mass is 32.2. The van der Waals surface area contributed by atoms with Crippen molar-refractivity contribution in [3.05, 3.63) is 24.0 Å². The molecule has 0 aliphatic rings. The minimum absolute atomic E-state index is 0.0890. The Labute approximate surface area is 106 Å². The molecule has 1 aromatic carbocycles. The topological polar surface area (TPSA) is 83.6 Å². The van der Waals surface area contributed by atoms with Crippen molar-refractivity contribution in [1.82, 2.24) is 4.31 Å². The number of aliphatic hydroxyl groups is 1. The fourth-order valence-corrected chi connectivity index (χ4v) is 3.33. The zero-order valence-electron chi connectivity index (χ0n) is 10.3. The van der Waals surface area contributed by atoms with Crippen molar-refractivity contribution in [3.63, 3.8) is 0 Å². The largest absolute Gasteiger partial charge is 0.399 e. The van der Waals surface area contributed by atoms with Crippen LogP contribution in [0.5, 0.6) is 0 Å². The molecular formula is C11H17FN2O3S. The van der Waals surface area contributed by atoms with E-state index in [0.29, 0.717) is 0 Å². The first-order valence-corrected chi connectivity index (χ1v) is 6.92. The van der Waals surface area contributed by atoms with E-state index in [-0.39, 0.29) is 24.9 Å². The lowest BCUT2D eigenvalue weighted by Gasteiger charge is -2.25. The smallest absolute Gasteiger partial charge is 0.246 e. The minimum atomic E-state index is -4.00.